The molecule has 0 radical (unpaired) electrons. The van der Waals surface area contributed by atoms with Crippen LogP contribution in [0.25, 0.3) is 16.4 Å². The van der Waals surface area contributed by atoms with Gasteiger partial charge in [-0.25, -0.2) is 9.50 Å². The normalized spacial score (nSPS) is 11.2. The minimum absolute atomic E-state index is 0.222. The first kappa shape index (κ1) is 19.9. The summed E-state index contributed by atoms with van der Waals surface area (Å²) in [7, 11) is 1.65. The van der Waals surface area contributed by atoms with Crippen molar-refractivity contribution >= 4 is 22.4 Å². The van der Waals surface area contributed by atoms with Crippen molar-refractivity contribution in [1.29, 1.82) is 0 Å². The quantitative estimate of drug-likeness (QED) is 0.444. The molecule has 0 atom stereocenters. The van der Waals surface area contributed by atoms with Gasteiger partial charge in [0.2, 0.25) is 0 Å². The smallest absolute Gasteiger partial charge is 0.306 e. The Bertz CT molecular complexity index is 1240. The lowest BCUT2D eigenvalue weighted by Crippen LogP contribution is -2.10. The maximum atomic E-state index is 12.3. The second kappa shape index (κ2) is 8.14. The number of esters is 1. The van der Waals surface area contributed by atoms with Crippen LogP contribution in [0.2, 0.25) is 0 Å². The van der Waals surface area contributed by atoms with E-state index in [2.05, 4.69) is 10.1 Å². The van der Waals surface area contributed by atoms with Crippen molar-refractivity contribution in [2.24, 2.45) is 0 Å². The first-order chi connectivity index (χ1) is 14.4. The first-order valence-electron chi connectivity index (χ1n) is 9.99. The molecule has 0 amide bonds. The summed E-state index contributed by atoms with van der Waals surface area (Å²) in [5, 5.41) is 6.66. The van der Waals surface area contributed by atoms with Crippen LogP contribution in [-0.2, 0) is 22.6 Å². The van der Waals surface area contributed by atoms with Gasteiger partial charge in [0.05, 0.1) is 12.8 Å². The van der Waals surface area contributed by atoms with Gasteiger partial charge in [-0.05, 0) is 67.3 Å². The molecule has 0 bridgehead atoms. The molecular formula is C24H25N3O3. The zero-order valence-electron chi connectivity index (χ0n) is 17.7. The van der Waals surface area contributed by atoms with Gasteiger partial charge >= 0.3 is 5.97 Å². The maximum Gasteiger partial charge on any atom is 0.306 e. The Labute approximate surface area is 175 Å². The van der Waals surface area contributed by atoms with Crippen LogP contribution >= 0.6 is 0 Å². The first-order valence-corrected chi connectivity index (χ1v) is 9.99. The molecule has 0 fully saturated rings. The largest absolute Gasteiger partial charge is 0.497 e. The van der Waals surface area contributed by atoms with Crippen LogP contribution in [0.1, 0.15) is 34.6 Å². The molecule has 6 nitrogen and oxygen atoms in total. The molecule has 4 rings (SSSR count). The predicted molar refractivity (Wildman–Crippen MR) is 116 cm³/mol. The van der Waals surface area contributed by atoms with Crippen molar-refractivity contribution in [2.45, 2.75) is 40.2 Å². The summed E-state index contributed by atoms with van der Waals surface area (Å²) in [5.74, 6) is 0.602. The van der Waals surface area contributed by atoms with E-state index in [4.69, 9.17) is 9.47 Å². The molecule has 0 saturated carbocycles. The van der Waals surface area contributed by atoms with E-state index < -0.39 is 0 Å². The molecule has 0 unspecified atom stereocenters. The van der Waals surface area contributed by atoms with Crippen molar-refractivity contribution < 1.29 is 14.3 Å². The van der Waals surface area contributed by atoms with Crippen molar-refractivity contribution in [1.82, 2.24) is 14.6 Å². The van der Waals surface area contributed by atoms with E-state index in [9.17, 15) is 4.79 Å². The molecule has 4 aromatic rings. The summed E-state index contributed by atoms with van der Waals surface area (Å²) in [5.41, 5.74) is 5.71. The summed E-state index contributed by atoms with van der Waals surface area (Å²) < 4.78 is 12.6. The number of carbonyl (C=O) groups excluding carboxylic acids is 1. The van der Waals surface area contributed by atoms with Gasteiger partial charge in [-0.2, -0.15) is 5.10 Å². The highest BCUT2D eigenvalue weighted by molar-refractivity contribution is 5.84. The summed E-state index contributed by atoms with van der Waals surface area (Å²) in [6.07, 6.45) is 0.885. The van der Waals surface area contributed by atoms with Crippen LogP contribution in [0.3, 0.4) is 0 Å². The third-order valence-electron chi connectivity index (χ3n) is 5.38. The van der Waals surface area contributed by atoms with E-state index in [0.29, 0.717) is 12.8 Å². The van der Waals surface area contributed by atoms with E-state index >= 15 is 0 Å². The van der Waals surface area contributed by atoms with Crippen LogP contribution in [0.4, 0.5) is 0 Å². The molecule has 0 aliphatic rings. The molecular weight excluding hydrogens is 378 g/mol. The number of aromatic nitrogens is 3. The number of hydrogen-bond donors (Lipinski definition) is 0. The molecule has 2 heterocycles. The third kappa shape index (κ3) is 3.99. The van der Waals surface area contributed by atoms with Gasteiger partial charge < -0.3 is 9.47 Å². The summed E-state index contributed by atoms with van der Waals surface area (Å²) in [6, 6.07) is 13.9. The van der Waals surface area contributed by atoms with Gasteiger partial charge in [-0.15, -0.1) is 0 Å². The lowest BCUT2D eigenvalue weighted by molar-refractivity contribution is -0.144. The minimum Gasteiger partial charge on any atom is -0.497 e. The number of hydrogen-bond acceptors (Lipinski definition) is 5. The standard InChI is InChI=1S/C24H25N3O3/c1-15-11-23-25-16(2)22(17(3)27(23)26-15)9-10-24(28)30-14-18-5-6-20-13-21(29-4)8-7-19(20)12-18/h5-8,11-13H,9-10,14H2,1-4H3. The summed E-state index contributed by atoms with van der Waals surface area (Å²) in [4.78, 5) is 17.0. The molecule has 0 aliphatic heterocycles. The molecule has 2 aromatic heterocycles. The Morgan fingerprint density at radius 2 is 1.80 bits per heavy atom. The SMILES string of the molecule is COc1ccc2cc(COC(=O)CCc3c(C)nc4cc(C)nn4c3C)ccc2c1. The third-order valence-corrected chi connectivity index (χ3v) is 5.38. The molecule has 30 heavy (non-hydrogen) atoms. The minimum atomic E-state index is -0.222. The molecule has 0 N–H and O–H groups in total. The highest BCUT2D eigenvalue weighted by atomic mass is 16.5. The Morgan fingerprint density at radius 3 is 2.60 bits per heavy atom. The van der Waals surface area contributed by atoms with Crippen LogP contribution < -0.4 is 4.74 Å². The number of fused-ring (bicyclic) bond motifs is 2. The van der Waals surface area contributed by atoms with E-state index in [1.807, 2.05) is 67.8 Å². The molecule has 0 saturated heterocycles. The predicted octanol–water partition coefficient (Wildman–Crippen LogP) is 4.49. The van der Waals surface area contributed by atoms with E-state index in [1.54, 1.807) is 7.11 Å². The number of ether oxygens (including phenoxy) is 2. The number of aryl methyl sites for hydroxylation is 3. The fraction of sp³-hybridized carbons (Fsp3) is 0.292. The second-order valence-electron chi connectivity index (χ2n) is 7.53. The Hall–Kier alpha value is -3.41. The zero-order valence-corrected chi connectivity index (χ0v) is 17.7. The highest BCUT2D eigenvalue weighted by Crippen LogP contribution is 2.22. The maximum absolute atomic E-state index is 12.3. The summed E-state index contributed by atoms with van der Waals surface area (Å²) in [6.45, 7) is 6.19. The van der Waals surface area contributed by atoms with Crippen molar-refractivity contribution in [3.8, 4) is 5.75 Å². The van der Waals surface area contributed by atoms with Gasteiger partial charge in [0.1, 0.15) is 12.4 Å². The zero-order chi connectivity index (χ0) is 21.3. The van der Waals surface area contributed by atoms with Crippen LogP contribution in [-0.4, -0.2) is 27.7 Å². The number of carbonyl (C=O) groups is 1. The van der Waals surface area contributed by atoms with Crippen molar-refractivity contribution in [3.63, 3.8) is 0 Å². The average Bonchev–Trinajstić information content (AvgIpc) is 3.11. The summed E-state index contributed by atoms with van der Waals surface area (Å²) >= 11 is 0. The molecule has 154 valence electrons. The van der Waals surface area contributed by atoms with Gasteiger partial charge in [-0.3, -0.25) is 4.79 Å². The van der Waals surface area contributed by atoms with E-state index in [0.717, 1.165) is 50.4 Å². The molecule has 0 aliphatic carbocycles. The Morgan fingerprint density at radius 1 is 1.03 bits per heavy atom. The fourth-order valence-electron chi connectivity index (χ4n) is 3.76. The lowest BCUT2D eigenvalue weighted by Gasteiger charge is -2.11. The number of benzene rings is 2. The lowest BCUT2D eigenvalue weighted by atomic mass is 10.1. The van der Waals surface area contributed by atoms with E-state index in [1.165, 1.54) is 0 Å². The van der Waals surface area contributed by atoms with Gasteiger partial charge in [-0.1, -0.05) is 18.2 Å². The molecule has 0 spiro atoms. The van der Waals surface area contributed by atoms with E-state index in [-0.39, 0.29) is 12.6 Å². The average molecular weight is 403 g/mol. The van der Waals surface area contributed by atoms with Gasteiger partial charge in [0.15, 0.2) is 5.65 Å². The number of nitrogens with zero attached hydrogens (tertiary/aromatic N) is 3. The van der Waals surface area contributed by atoms with Gasteiger partial charge in [0, 0.05) is 23.9 Å². The van der Waals surface area contributed by atoms with Crippen LogP contribution in [0.15, 0.2) is 42.5 Å². The second-order valence-corrected chi connectivity index (χ2v) is 7.53. The fourth-order valence-corrected chi connectivity index (χ4v) is 3.76. The highest BCUT2D eigenvalue weighted by Gasteiger charge is 2.13. The number of methoxy groups -OCH3 is 1. The molecule has 2 aromatic carbocycles. The van der Waals surface area contributed by atoms with Crippen LogP contribution in [0, 0.1) is 20.8 Å². The number of rotatable bonds is 6. The Kier molecular flexibility index (Phi) is 5.40. The van der Waals surface area contributed by atoms with Crippen molar-refractivity contribution in [3.05, 3.63) is 70.7 Å². The topological polar surface area (TPSA) is 65.7 Å². The monoisotopic (exact) mass is 403 g/mol. The van der Waals surface area contributed by atoms with Crippen molar-refractivity contribution in [2.75, 3.05) is 7.11 Å². The molecule has 6 heteroatoms. The Balaban J connectivity index is 1.39. The van der Waals surface area contributed by atoms with Gasteiger partial charge in [0.25, 0.3) is 0 Å². The van der Waals surface area contributed by atoms with Crippen LogP contribution in [0.5, 0.6) is 5.75 Å².